The Balaban J connectivity index is 0.00000176. The van der Waals surface area contributed by atoms with Gasteiger partial charge in [-0.3, -0.25) is 4.90 Å². The number of anilines is 2. The van der Waals surface area contributed by atoms with Crippen LogP contribution in [0.1, 0.15) is 17.0 Å². The fourth-order valence-corrected chi connectivity index (χ4v) is 3.26. The van der Waals surface area contributed by atoms with E-state index in [2.05, 4.69) is 31.0 Å². The molecule has 2 aromatic heterocycles. The van der Waals surface area contributed by atoms with Crippen LogP contribution in [0.5, 0.6) is 0 Å². The Hall–Kier alpha value is -1.44. The molecule has 0 spiro atoms. The summed E-state index contributed by atoms with van der Waals surface area (Å²) >= 11 is 1.58. The van der Waals surface area contributed by atoms with Crippen LogP contribution in [-0.2, 0) is 6.54 Å². The monoisotopic (exact) mass is 340 g/mol. The van der Waals surface area contributed by atoms with Crippen molar-refractivity contribution >= 4 is 34.7 Å². The van der Waals surface area contributed by atoms with E-state index in [9.17, 15) is 0 Å². The first-order valence-electron chi connectivity index (χ1n) is 7.18. The number of hydrogen-bond acceptors (Lipinski definition) is 7. The predicted molar refractivity (Wildman–Crippen MR) is 92.7 cm³/mol. The molecule has 0 bridgehead atoms. The van der Waals surface area contributed by atoms with Gasteiger partial charge in [-0.2, -0.15) is 5.10 Å². The van der Waals surface area contributed by atoms with Crippen molar-refractivity contribution in [2.24, 2.45) is 0 Å². The Bertz CT molecular complexity index is 587. The van der Waals surface area contributed by atoms with Gasteiger partial charge in [0.25, 0.3) is 0 Å². The Morgan fingerprint density at radius 3 is 2.73 bits per heavy atom. The van der Waals surface area contributed by atoms with Gasteiger partial charge in [0.15, 0.2) is 10.9 Å². The van der Waals surface area contributed by atoms with Crippen LogP contribution in [-0.4, -0.2) is 46.3 Å². The van der Waals surface area contributed by atoms with Crippen molar-refractivity contribution in [2.75, 3.05) is 36.8 Å². The van der Waals surface area contributed by atoms with Gasteiger partial charge in [-0.1, -0.05) is 0 Å². The molecule has 120 valence electrons. The lowest BCUT2D eigenvalue weighted by Crippen LogP contribution is -2.30. The van der Waals surface area contributed by atoms with Crippen LogP contribution in [0.4, 0.5) is 10.9 Å². The maximum atomic E-state index is 5.69. The standard InChI is InChI=1S/C14H20N6S.ClH/c1-11-3-4-13(18-17-11)20-6-2-5-19(7-8-20)10-12-9-16-14(15)21-12;/h3-4,9H,2,5-8,10H2,1H3,(H2,15,16);1H. The summed E-state index contributed by atoms with van der Waals surface area (Å²) in [4.78, 5) is 10.1. The van der Waals surface area contributed by atoms with Crippen LogP contribution >= 0.6 is 23.7 Å². The Labute approximate surface area is 140 Å². The molecule has 3 heterocycles. The summed E-state index contributed by atoms with van der Waals surface area (Å²) in [5.41, 5.74) is 6.65. The van der Waals surface area contributed by atoms with Crippen LogP contribution in [0.15, 0.2) is 18.3 Å². The van der Waals surface area contributed by atoms with E-state index >= 15 is 0 Å². The Morgan fingerprint density at radius 1 is 1.18 bits per heavy atom. The Kier molecular flexibility index (Phi) is 5.93. The molecular formula is C14H21ClN6S. The largest absolute Gasteiger partial charge is 0.375 e. The molecule has 1 fully saturated rings. The van der Waals surface area contributed by atoms with E-state index in [1.807, 2.05) is 19.2 Å². The molecule has 0 unspecified atom stereocenters. The first kappa shape index (κ1) is 16.9. The molecule has 1 aliphatic rings. The number of aromatic nitrogens is 3. The SMILES string of the molecule is Cc1ccc(N2CCCN(Cc3cnc(N)s3)CC2)nn1.Cl. The van der Waals surface area contributed by atoms with Crippen molar-refractivity contribution in [3.05, 3.63) is 28.9 Å². The molecule has 0 aromatic carbocycles. The highest BCUT2D eigenvalue weighted by molar-refractivity contribution is 7.15. The number of rotatable bonds is 3. The van der Waals surface area contributed by atoms with Gasteiger partial charge < -0.3 is 10.6 Å². The summed E-state index contributed by atoms with van der Waals surface area (Å²) in [5, 5.41) is 9.09. The van der Waals surface area contributed by atoms with Crippen LogP contribution in [0, 0.1) is 6.92 Å². The summed E-state index contributed by atoms with van der Waals surface area (Å²) in [6.07, 6.45) is 3.01. The molecule has 22 heavy (non-hydrogen) atoms. The molecule has 2 N–H and O–H groups in total. The third-order valence-electron chi connectivity index (χ3n) is 3.65. The number of halogens is 1. The molecule has 0 aliphatic carbocycles. The molecule has 0 saturated carbocycles. The molecule has 3 rings (SSSR count). The third kappa shape index (κ3) is 4.28. The van der Waals surface area contributed by atoms with E-state index in [1.165, 1.54) is 4.88 Å². The van der Waals surface area contributed by atoms with Crippen molar-refractivity contribution in [1.82, 2.24) is 20.1 Å². The number of thiazole rings is 1. The van der Waals surface area contributed by atoms with Gasteiger partial charge in [-0.25, -0.2) is 4.98 Å². The molecule has 0 radical (unpaired) electrons. The van der Waals surface area contributed by atoms with E-state index in [-0.39, 0.29) is 12.4 Å². The second kappa shape index (κ2) is 7.71. The summed E-state index contributed by atoms with van der Waals surface area (Å²) < 4.78 is 0. The molecule has 0 atom stereocenters. The summed E-state index contributed by atoms with van der Waals surface area (Å²) in [5.74, 6) is 0.976. The van der Waals surface area contributed by atoms with Crippen LogP contribution < -0.4 is 10.6 Å². The topological polar surface area (TPSA) is 71.2 Å². The third-order valence-corrected chi connectivity index (χ3v) is 4.46. The second-order valence-corrected chi connectivity index (χ2v) is 6.46. The van der Waals surface area contributed by atoms with Gasteiger partial charge in [-0.15, -0.1) is 28.8 Å². The average Bonchev–Trinajstić information content (AvgIpc) is 2.74. The number of nitrogen functional groups attached to an aromatic ring is 1. The predicted octanol–water partition coefficient (Wildman–Crippen LogP) is 1.96. The van der Waals surface area contributed by atoms with E-state index in [0.717, 1.165) is 50.7 Å². The van der Waals surface area contributed by atoms with Gasteiger partial charge >= 0.3 is 0 Å². The fourth-order valence-electron chi connectivity index (χ4n) is 2.53. The van der Waals surface area contributed by atoms with E-state index in [4.69, 9.17) is 5.73 Å². The van der Waals surface area contributed by atoms with E-state index in [0.29, 0.717) is 5.13 Å². The van der Waals surface area contributed by atoms with Gasteiger partial charge in [0.2, 0.25) is 0 Å². The minimum atomic E-state index is 0. The van der Waals surface area contributed by atoms with Gasteiger partial charge in [0.05, 0.1) is 5.69 Å². The zero-order chi connectivity index (χ0) is 14.7. The van der Waals surface area contributed by atoms with Crippen molar-refractivity contribution in [1.29, 1.82) is 0 Å². The molecule has 0 amide bonds. The van der Waals surface area contributed by atoms with Crippen molar-refractivity contribution in [3.8, 4) is 0 Å². The first-order chi connectivity index (χ1) is 10.2. The van der Waals surface area contributed by atoms with Gasteiger partial charge in [0, 0.05) is 43.8 Å². The normalized spacial score (nSPS) is 16.1. The number of nitrogens with zero attached hydrogens (tertiary/aromatic N) is 5. The maximum Gasteiger partial charge on any atom is 0.180 e. The van der Waals surface area contributed by atoms with Crippen LogP contribution in [0.2, 0.25) is 0 Å². The molecule has 2 aromatic rings. The first-order valence-corrected chi connectivity index (χ1v) is 8.00. The number of aryl methyl sites for hydroxylation is 1. The minimum Gasteiger partial charge on any atom is -0.375 e. The highest BCUT2D eigenvalue weighted by Gasteiger charge is 2.17. The highest BCUT2D eigenvalue weighted by Crippen LogP contribution is 2.18. The van der Waals surface area contributed by atoms with E-state index in [1.54, 1.807) is 11.3 Å². The van der Waals surface area contributed by atoms with Crippen molar-refractivity contribution in [3.63, 3.8) is 0 Å². The van der Waals surface area contributed by atoms with Crippen molar-refractivity contribution < 1.29 is 0 Å². The lowest BCUT2D eigenvalue weighted by Gasteiger charge is -2.21. The fraction of sp³-hybridized carbons (Fsp3) is 0.500. The smallest absolute Gasteiger partial charge is 0.180 e. The number of hydrogen-bond donors (Lipinski definition) is 1. The van der Waals surface area contributed by atoms with Gasteiger partial charge in [0.1, 0.15) is 0 Å². The molecule has 6 nitrogen and oxygen atoms in total. The number of nitrogens with two attached hydrogens (primary N) is 1. The molecule has 1 saturated heterocycles. The molecular weight excluding hydrogens is 320 g/mol. The zero-order valence-electron chi connectivity index (χ0n) is 12.6. The summed E-state index contributed by atoms with van der Waals surface area (Å²) in [7, 11) is 0. The summed E-state index contributed by atoms with van der Waals surface area (Å²) in [6, 6.07) is 4.08. The highest BCUT2D eigenvalue weighted by atomic mass is 35.5. The average molecular weight is 341 g/mol. The minimum absolute atomic E-state index is 0. The van der Waals surface area contributed by atoms with Crippen molar-refractivity contribution in [2.45, 2.75) is 19.9 Å². The molecule has 8 heteroatoms. The molecule has 1 aliphatic heterocycles. The lowest BCUT2D eigenvalue weighted by molar-refractivity contribution is 0.288. The maximum absolute atomic E-state index is 5.69. The van der Waals surface area contributed by atoms with Crippen LogP contribution in [0.3, 0.4) is 0 Å². The van der Waals surface area contributed by atoms with E-state index < -0.39 is 0 Å². The lowest BCUT2D eigenvalue weighted by atomic mass is 10.3. The summed E-state index contributed by atoms with van der Waals surface area (Å²) in [6.45, 7) is 7.01. The quantitative estimate of drug-likeness (QED) is 0.921. The Morgan fingerprint density at radius 2 is 2.05 bits per heavy atom. The van der Waals surface area contributed by atoms with Crippen LogP contribution in [0.25, 0.3) is 0 Å². The van der Waals surface area contributed by atoms with Gasteiger partial charge in [-0.05, 0) is 25.5 Å². The second-order valence-electron chi connectivity index (χ2n) is 5.31. The zero-order valence-corrected chi connectivity index (χ0v) is 14.2.